The Labute approximate surface area is 877 Å². The second kappa shape index (κ2) is 73.3. The number of hydrogen-bond donors (Lipinski definition) is 8. The number of nitrogens with zero attached hydrogens (tertiary/aromatic N) is 10. The largest absolute Gasteiger partial charge is 0 e. The van der Waals surface area contributed by atoms with Crippen molar-refractivity contribution in [3.8, 4) is 0 Å². The van der Waals surface area contributed by atoms with Crippen LogP contribution in [0.5, 0.6) is 0 Å². The molecule has 14 rings (SSSR count). The number of benzene rings is 3. The molecular formula is C101H175Cl3N16O9P4ReS4. The molecule has 4 saturated carbocycles. The predicted octanol–water partition coefficient (Wildman–Crippen LogP) is 25.4. The number of nitrogens with one attached hydrogen (secondary N) is 4. The van der Waals surface area contributed by atoms with Gasteiger partial charge in [-0.3, -0.25) is 0 Å². The molecule has 12 unspecified atom stereocenters. The molecule has 1 aromatic heterocycles. The molecule has 3 aromatic carbocycles. The summed E-state index contributed by atoms with van der Waals surface area (Å²) in [7, 11) is 4.45. The van der Waals surface area contributed by atoms with Gasteiger partial charge in [0.2, 0.25) is 5.90 Å². The molecule has 785 valence electrons. The molecule has 0 spiro atoms. The molecule has 25 nitrogen and oxygen atoms in total. The third-order valence-corrected chi connectivity index (χ3v) is 46.3. The maximum Gasteiger partial charge on any atom is 0 e. The van der Waals surface area contributed by atoms with E-state index in [1.54, 1.807) is 6.92 Å². The van der Waals surface area contributed by atoms with Crippen molar-refractivity contribution in [3.63, 3.8) is 0 Å². The zero-order valence-electron chi connectivity index (χ0n) is 84.9. The first kappa shape index (κ1) is 126. The second-order valence-electron chi connectivity index (χ2n) is 37.6. The van der Waals surface area contributed by atoms with E-state index in [1.807, 2.05) is 6.92 Å². The summed E-state index contributed by atoms with van der Waals surface area (Å²) in [5.41, 5.74) is 17.3. The van der Waals surface area contributed by atoms with Crippen molar-refractivity contribution in [2.45, 2.75) is 348 Å². The third kappa shape index (κ3) is 49.3. The summed E-state index contributed by atoms with van der Waals surface area (Å²) in [4.78, 5) is 13.1. The maximum absolute atomic E-state index is 12.4. The molecule has 138 heavy (non-hydrogen) atoms. The number of anilines is 2. The van der Waals surface area contributed by atoms with Crippen molar-refractivity contribution in [2.24, 2.45) is 79.3 Å². The van der Waals surface area contributed by atoms with E-state index in [0.717, 1.165) is 202 Å². The Hall–Kier alpha value is -2.84. The summed E-state index contributed by atoms with van der Waals surface area (Å²) in [6, 6.07) is 33.6. The van der Waals surface area contributed by atoms with Gasteiger partial charge in [0.05, 0.1) is 42.9 Å². The molecule has 7 heterocycles. The minimum absolute atomic E-state index is 0. The zero-order valence-corrected chi connectivity index (χ0v) is 97.2. The third-order valence-electron chi connectivity index (χ3n) is 27.0. The number of unbranched alkanes of at least 4 members (excludes halogenated alkanes) is 3. The number of piperidine rings is 3. The Bertz CT molecular complexity index is 4150. The van der Waals surface area contributed by atoms with E-state index >= 15 is 0 Å². The number of aliphatic hydroxyl groups excluding tert-OH is 1. The van der Waals surface area contributed by atoms with Gasteiger partial charge in [-0.1, -0.05) is 280 Å². The normalized spacial score (nSPS) is 22.7. The molecule has 7 fully saturated rings. The molecule has 10 N–H and O–H groups in total. The van der Waals surface area contributed by atoms with E-state index in [-0.39, 0.29) is 61.2 Å². The van der Waals surface area contributed by atoms with Gasteiger partial charge in [-0.15, -0.1) is 30.7 Å². The van der Waals surface area contributed by atoms with Crippen LogP contribution >= 0.6 is 74.9 Å². The van der Waals surface area contributed by atoms with Crippen LogP contribution in [0.25, 0.3) is 0 Å². The van der Waals surface area contributed by atoms with Crippen molar-refractivity contribution in [1.29, 1.82) is 0 Å². The molecule has 37 heteroatoms. The molecule has 16 atom stereocenters. The Kier molecular flexibility index (Phi) is 66.7. The van der Waals surface area contributed by atoms with Gasteiger partial charge in [-0.2, -0.15) is 17.5 Å². The Morgan fingerprint density at radius 2 is 0.920 bits per heavy atom. The molecule has 0 amide bonds. The monoisotopic (exact) mass is 2300 g/mol. The first-order valence-electron chi connectivity index (χ1n) is 51.6. The zero-order chi connectivity index (χ0) is 99.5. The average molecular weight is 2300 g/mol. The summed E-state index contributed by atoms with van der Waals surface area (Å²) in [5, 5.41) is 21.3. The number of rotatable bonds is 37. The fourth-order valence-electron chi connectivity index (χ4n) is 19.6. The van der Waals surface area contributed by atoms with Crippen molar-refractivity contribution < 1.29 is 62.0 Å². The quantitative estimate of drug-likeness (QED) is 0.0118. The molecule has 0 bridgehead atoms. The van der Waals surface area contributed by atoms with Crippen LogP contribution in [0.2, 0.25) is 0 Å². The van der Waals surface area contributed by atoms with Gasteiger partial charge in [0.1, 0.15) is 5.71 Å². The summed E-state index contributed by atoms with van der Waals surface area (Å²) in [5.74, 6) is 9.35. The standard InChI is InChI=1S/C28H44N4O2S.C27H43N5OS.C16H25NO.C13H23N3OS.C10H21N.C4H6N2O2S.C2H4.CH4O.Cl3H5OP4.Re/c1-3-5-19-34-26(23-15-10-7-11-16-23)24-17-12-18-32(21-24)28-27(30-35(33)31-28)29-25(4-2)20-22-13-8-6-9-14-22;1-2-3-17-33-25(22-13-8-5-9-14-22)23-15-10-16-32(20-23)27-26(30-34-31-27)29-24(19-28)18-21-11-6-4-7-12-21;1-2-3-12-18-16(14-8-5-4-6-9-14)15-10-7-11-17-13-15;1-3-12(9-11-7-5-4-6-8-11)14-13-10(2)15-18(17)16-13;1-2-10(11)8-9-6-4-3-5-7-9;1-3-4(8-2)6-9(7)5-3;2*1-2;1-8(2,3,5)7-6-4;/h7,10-11,15-16,22,24-26H,3-6,8-9,12-14,17-21H2,1-2H3,(H,29,30);5,8-9,13-14,21,23-25H,2-4,6-7,10-12,15-20,28H2,1H3,(H,29,30);4-6,8-9,15-17H,2-3,7,10-13H2,1H3;11-12H,3-9H2,1-2H3,(H,14,16);9-10H,2-8,11H2,1H3;1-2H3;1-2H2;2H,1H3;4,6-7H,5H2;/t24?,25-,26?,35?;23?,24-,25?;;12-,18?;10-;;;;;/m10.11...../s1. The number of ether oxygens (including phenoxy) is 4. The Morgan fingerprint density at radius 1 is 0.522 bits per heavy atom. The minimum atomic E-state index is -2.98. The first-order valence-corrected chi connectivity index (χ1v) is 65.9. The smallest absolute Gasteiger partial charge is 0 e. The predicted molar refractivity (Wildman–Crippen MR) is 599 cm³/mol. The van der Waals surface area contributed by atoms with Crippen LogP contribution < -0.4 is 37.6 Å². The van der Waals surface area contributed by atoms with Crippen LogP contribution in [0.15, 0.2) is 131 Å². The summed E-state index contributed by atoms with van der Waals surface area (Å²) < 4.78 is 88.3. The fourth-order valence-corrected chi connectivity index (χ4v) is 29.0. The van der Waals surface area contributed by atoms with E-state index < -0.39 is 37.6 Å². The van der Waals surface area contributed by atoms with Crippen molar-refractivity contribution in [2.75, 3.05) is 90.1 Å². The van der Waals surface area contributed by atoms with E-state index in [0.29, 0.717) is 54.0 Å². The topological polar surface area (TPSA) is 335 Å². The second-order valence-corrected chi connectivity index (χ2v) is 67.0. The molecular weight excluding hydrogens is 2130 g/mol. The molecule has 10 aliphatic rings. The van der Waals surface area contributed by atoms with Crippen LogP contribution in [-0.4, -0.2) is 175 Å². The molecule has 1 radical (unpaired) electrons. The van der Waals surface area contributed by atoms with Gasteiger partial charge in [0.15, 0.2) is 29.1 Å². The van der Waals surface area contributed by atoms with Crippen LogP contribution in [0.4, 0.5) is 11.6 Å². The van der Waals surface area contributed by atoms with Crippen LogP contribution in [0, 0.1) is 41.4 Å². The van der Waals surface area contributed by atoms with Crippen molar-refractivity contribution in [3.05, 3.63) is 121 Å². The van der Waals surface area contributed by atoms with Gasteiger partial charge >= 0.3 is 68.0 Å². The average Bonchev–Trinajstić information content (AvgIpc) is 1.78. The number of likely N-dealkylation sites (tertiary alicyclic amines) is 1. The number of halogens is 3. The fraction of sp³-hybridized carbons (Fsp3) is 0.723. The van der Waals surface area contributed by atoms with Crippen LogP contribution in [-0.2, 0) is 72.9 Å². The maximum atomic E-state index is 12.4. The van der Waals surface area contributed by atoms with Gasteiger partial charge in [-0.05, 0) is 163 Å². The van der Waals surface area contributed by atoms with E-state index in [2.05, 4.69) is 216 Å². The summed E-state index contributed by atoms with van der Waals surface area (Å²) in [6.45, 7) is 31.9. The number of aliphatic hydroxyl groups is 1. The number of amidine groups is 3. The molecule has 6 aliphatic heterocycles. The number of aromatic nitrogens is 2. The van der Waals surface area contributed by atoms with Gasteiger partial charge in [0, 0.05) is 129 Å². The minimum Gasteiger partial charge on any atom is 0 e. The molecule has 4 aliphatic carbocycles. The van der Waals surface area contributed by atoms with Gasteiger partial charge in [0.25, 0.3) is 33.5 Å². The van der Waals surface area contributed by atoms with Crippen LogP contribution in [0.3, 0.4) is 0 Å². The number of hydrogen-bond acceptors (Lipinski definition) is 20. The summed E-state index contributed by atoms with van der Waals surface area (Å²) >= 11 is 13.7. The van der Waals surface area contributed by atoms with E-state index in [4.69, 9.17) is 78.5 Å². The van der Waals surface area contributed by atoms with Crippen LogP contribution in [0.1, 0.15) is 341 Å². The number of methoxy groups -OCH3 is 1. The van der Waals surface area contributed by atoms with E-state index in [9.17, 15) is 12.6 Å². The van der Waals surface area contributed by atoms with Gasteiger partial charge < -0.3 is 66.6 Å². The number of nitrogens with two attached hydrogens (primary N) is 2. The Balaban J connectivity index is 0.000000300. The van der Waals surface area contributed by atoms with Gasteiger partial charge in [-0.25, -0.2) is 12.6 Å². The van der Waals surface area contributed by atoms with Crippen molar-refractivity contribution >= 4 is 155 Å². The van der Waals surface area contributed by atoms with Crippen molar-refractivity contribution in [1.82, 2.24) is 29.6 Å². The molecule has 4 aromatic rings. The first-order chi connectivity index (χ1) is 66.4. The van der Waals surface area contributed by atoms with E-state index in [1.165, 1.54) is 209 Å². The Morgan fingerprint density at radius 3 is 1.29 bits per heavy atom. The summed E-state index contributed by atoms with van der Waals surface area (Å²) in [6.07, 6.45) is 50.1. The SMILES string of the molecule is C=C.CCCCOC(c1ccccc1)C1CCCN(C2=NS(=O)N=C2N[C@H](CC)CC2CCCCC2)C1.CCCCOC(c1ccccc1)C1CCCN(c2nsnc2N[C@H](CN)CC2CCCCC2)C1.CCCCOC(c1ccccc1)C1CCCNC1.CC[C@@H](N)CC1CCCCC1.CC[C@H](CC1CCCCC1)NC1=NS(=O)N=C1C.CO.COC1=NS(=O)N=C1C.OPPP(P)(Cl)(Cl)Cl.[Re]. The molecule has 3 saturated heterocycles.